The molecule has 0 fully saturated rings. The molecule has 18 heavy (non-hydrogen) atoms. The molecule has 0 radical (unpaired) electrons. The van der Waals surface area contributed by atoms with Crippen molar-refractivity contribution in [3.8, 4) is 0 Å². The number of rotatable bonds is 4. The van der Waals surface area contributed by atoms with Crippen LogP contribution in [0.25, 0.3) is 0 Å². The van der Waals surface area contributed by atoms with E-state index in [1.54, 1.807) is 11.8 Å². The van der Waals surface area contributed by atoms with Crippen molar-refractivity contribution in [2.24, 2.45) is 5.73 Å². The summed E-state index contributed by atoms with van der Waals surface area (Å²) in [6.45, 7) is 2.76. The Morgan fingerprint density at radius 3 is 2.72 bits per heavy atom. The number of nitrogens with two attached hydrogens (primary N) is 1. The first-order valence-electron chi connectivity index (χ1n) is 5.92. The molecule has 0 unspecified atom stereocenters. The molecule has 3 heteroatoms. The molecule has 0 heterocycles. The molecule has 0 saturated heterocycles. The second kappa shape index (κ2) is 6.28. The number of benzene rings is 2. The van der Waals surface area contributed by atoms with E-state index >= 15 is 0 Å². The summed E-state index contributed by atoms with van der Waals surface area (Å²) in [5, 5.41) is 0.769. The van der Waals surface area contributed by atoms with E-state index in [1.807, 2.05) is 12.1 Å². The highest BCUT2D eigenvalue weighted by Gasteiger charge is 2.05. The van der Waals surface area contributed by atoms with E-state index in [2.05, 4.69) is 37.3 Å². The topological polar surface area (TPSA) is 26.0 Å². The Morgan fingerprint density at radius 2 is 2.00 bits per heavy atom. The van der Waals surface area contributed by atoms with Gasteiger partial charge in [0, 0.05) is 14.8 Å². The first kappa shape index (κ1) is 13.5. The monoisotopic (exact) mass is 277 g/mol. The van der Waals surface area contributed by atoms with Crippen LogP contribution in [0.1, 0.15) is 11.1 Å². The fourth-order valence-corrected chi connectivity index (χ4v) is 3.16. The van der Waals surface area contributed by atoms with Gasteiger partial charge in [0.05, 0.1) is 0 Å². The zero-order valence-electron chi connectivity index (χ0n) is 10.3. The van der Waals surface area contributed by atoms with Gasteiger partial charge in [0.2, 0.25) is 0 Å². The second-order valence-corrected chi connectivity index (χ2v) is 5.76. The van der Waals surface area contributed by atoms with Gasteiger partial charge in [-0.3, -0.25) is 0 Å². The zero-order chi connectivity index (χ0) is 13.0. The molecule has 0 aliphatic heterocycles. The lowest BCUT2D eigenvalue weighted by molar-refractivity contribution is 0.944. The van der Waals surface area contributed by atoms with Gasteiger partial charge in [0.25, 0.3) is 0 Å². The molecule has 94 valence electrons. The van der Waals surface area contributed by atoms with Gasteiger partial charge >= 0.3 is 0 Å². The van der Waals surface area contributed by atoms with E-state index in [4.69, 9.17) is 17.3 Å². The van der Waals surface area contributed by atoms with E-state index in [9.17, 15) is 0 Å². The molecule has 1 nitrogen and oxygen atoms in total. The van der Waals surface area contributed by atoms with Crippen molar-refractivity contribution in [2.45, 2.75) is 23.1 Å². The molecular formula is C15H16ClNS. The van der Waals surface area contributed by atoms with E-state index in [-0.39, 0.29) is 0 Å². The Morgan fingerprint density at radius 1 is 1.17 bits per heavy atom. The van der Waals surface area contributed by atoms with Crippen LogP contribution in [-0.2, 0) is 6.42 Å². The zero-order valence-corrected chi connectivity index (χ0v) is 11.9. The molecule has 0 aliphatic rings. The van der Waals surface area contributed by atoms with Crippen molar-refractivity contribution in [3.63, 3.8) is 0 Å². The highest BCUT2D eigenvalue weighted by atomic mass is 35.5. The van der Waals surface area contributed by atoms with Crippen LogP contribution in [0.2, 0.25) is 5.02 Å². The molecule has 0 aromatic heterocycles. The number of hydrogen-bond acceptors (Lipinski definition) is 2. The van der Waals surface area contributed by atoms with Gasteiger partial charge in [0.15, 0.2) is 0 Å². The summed E-state index contributed by atoms with van der Waals surface area (Å²) in [6, 6.07) is 14.5. The molecule has 0 spiro atoms. The van der Waals surface area contributed by atoms with Crippen LogP contribution in [0.3, 0.4) is 0 Å². The summed E-state index contributed by atoms with van der Waals surface area (Å²) in [7, 11) is 0. The molecule has 2 N–H and O–H groups in total. The van der Waals surface area contributed by atoms with Crippen LogP contribution in [0.5, 0.6) is 0 Å². The normalized spacial score (nSPS) is 10.6. The van der Waals surface area contributed by atoms with Gasteiger partial charge in [0.1, 0.15) is 0 Å². The quantitative estimate of drug-likeness (QED) is 0.902. The van der Waals surface area contributed by atoms with E-state index < -0.39 is 0 Å². The van der Waals surface area contributed by atoms with E-state index in [0.717, 1.165) is 11.4 Å². The minimum absolute atomic E-state index is 0.656. The fraction of sp³-hybridized carbons (Fsp3) is 0.200. The van der Waals surface area contributed by atoms with Gasteiger partial charge in [-0.15, -0.1) is 0 Å². The Hall–Kier alpha value is -0.960. The fourth-order valence-electron chi connectivity index (χ4n) is 1.79. The second-order valence-electron chi connectivity index (χ2n) is 4.21. The van der Waals surface area contributed by atoms with E-state index in [1.165, 1.54) is 20.9 Å². The molecule has 2 rings (SSSR count). The molecule has 0 aliphatic carbocycles. The lowest BCUT2D eigenvalue weighted by atomic mass is 10.1. The first-order valence-corrected chi connectivity index (χ1v) is 7.11. The van der Waals surface area contributed by atoms with Gasteiger partial charge in [-0.1, -0.05) is 47.1 Å². The van der Waals surface area contributed by atoms with Gasteiger partial charge in [-0.2, -0.15) is 0 Å². The number of hydrogen-bond donors (Lipinski definition) is 1. The lowest BCUT2D eigenvalue weighted by Gasteiger charge is -2.09. The molecule has 2 aromatic carbocycles. The van der Waals surface area contributed by atoms with Crippen LogP contribution in [0.4, 0.5) is 0 Å². The lowest BCUT2D eigenvalue weighted by Crippen LogP contribution is -2.03. The highest BCUT2D eigenvalue weighted by Crippen LogP contribution is 2.33. The van der Waals surface area contributed by atoms with Crippen molar-refractivity contribution in [1.82, 2.24) is 0 Å². The third kappa shape index (κ3) is 3.52. The van der Waals surface area contributed by atoms with Crippen molar-refractivity contribution in [3.05, 3.63) is 58.6 Å². The SMILES string of the molecule is Cc1cccc(Sc2cc(Cl)ccc2CCN)c1. The van der Waals surface area contributed by atoms with Gasteiger partial charge in [-0.05, 0) is 49.7 Å². The minimum atomic E-state index is 0.656. The van der Waals surface area contributed by atoms with Gasteiger partial charge < -0.3 is 5.73 Å². The summed E-state index contributed by atoms with van der Waals surface area (Å²) in [5.74, 6) is 0. The third-order valence-corrected chi connectivity index (χ3v) is 3.98. The van der Waals surface area contributed by atoms with Crippen molar-refractivity contribution in [2.75, 3.05) is 6.54 Å². The van der Waals surface area contributed by atoms with Crippen molar-refractivity contribution < 1.29 is 0 Å². The Kier molecular flexibility index (Phi) is 4.70. The number of halogens is 1. The molecule has 0 bridgehead atoms. The van der Waals surface area contributed by atoms with Crippen LogP contribution >= 0.6 is 23.4 Å². The predicted octanol–water partition coefficient (Wildman–Crippen LogP) is 4.30. The molecule has 0 saturated carbocycles. The van der Waals surface area contributed by atoms with Crippen LogP contribution in [-0.4, -0.2) is 6.54 Å². The average molecular weight is 278 g/mol. The molecule has 2 aromatic rings. The molecule has 0 atom stereocenters. The van der Waals surface area contributed by atoms with Crippen LogP contribution in [0, 0.1) is 6.92 Å². The maximum Gasteiger partial charge on any atom is 0.0417 e. The van der Waals surface area contributed by atoms with Crippen molar-refractivity contribution >= 4 is 23.4 Å². The average Bonchev–Trinajstić information content (AvgIpc) is 2.33. The Labute approximate surface area is 117 Å². The third-order valence-electron chi connectivity index (χ3n) is 2.66. The molecule has 0 amide bonds. The van der Waals surface area contributed by atoms with Gasteiger partial charge in [-0.25, -0.2) is 0 Å². The summed E-state index contributed by atoms with van der Waals surface area (Å²) < 4.78 is 0. The Balaban J connectivity index is 2.29. The van der Waals surface area contributed by atoms with Crippen LogP contribution in [0.15, 0.2) is 52.3 Å². The smallest absolute Gasteiger partial charge is 0.0417 e. The summed E-state index contributed by atoms with van der Waals surface area (Å²) in [6.07, 6.45) is 0.880. The summed E-state index contributed by atoms with van der Waals surface area (Å²) in [4.78, 5) is 2.43. The predicted molar refractivity (Wildman–Crippen MR) is 79.5 cm³/mol. The number of aryl methyl sites for hydroxylation is 1. The van der Waals surface area contributed by atoms with E-state index in [0.29, 0.717) is 6.54 Å². The summed E-state index contributed by atoms with van der Waals surface area (Å²) >= 11 is 7.81. The van der Waals surface area contributed by atoms with Crippen LogP contribution < -0.4 is 5.73 Å². The standard InChI is InChI=1S/C15H16ClNS/c1-11-3-2-4-14(9-11)18-15-10-13(16)6-5-12(15)7-8-17/h2-6,9-10H,7-8,17H2,1H3. The van der Waals surface area contributed by atoms with Crippen molar-refractivity contribution in [1.29, 1.82) is 0 Å². The maximum atomic E-state index is 6.07. The highest BCUT2D eigenvalue weighted by molar-refractivity contribution is 7.99. The minimum Gasteiger partial charge on any atom is -0.330 e. The largest absolute Gasteiger partial charge is 0.330 e. The summed E-state index contributed by atoms with van der Waals surface area (Å²) in [5.41, 5.74) is 8.17. The molecular weight excluding hydrogens is 262 g/mol. The first-order chi connectivity index (χ1) is 8.69. The maximum absolute atomic E-state index is 6.07. The Bertz CT molecular complexity index is 540.